The molecule has 4 rings (SSSR count). The molecule has 1 N–H and O–H groups in total. The number of aromatic nitrogens is 2. The Hall–Kier alpha value is -3.66. The Labute approximate surface area is 170 Å². The van der Waals surface area contributed by atoms with Crippen LogP contribution in [-0.4, -0.2) is 22.5 Å². The number of nitrogens with zero attached hydrogens (tertiary/aromatic N) is 2. The van der Waals surface area contributed by atoms with Crippen LogP contribution in [0.15, 0.2) is 84.9 Å². The van der Waals surface area contributed by atoms with E-state index in [4.69, 9.17) is 4.98 Å². The van der Waals surface area contributed by atoms with Crippen LogP contribution in [0.3, 0.4) is 0 Å². The number of likely N-dealkylation sites (N-methyl/N-ethyl adjacent to an activating group) is 1. The highest BCUT2D eigenvalue weighted by atomic mass is 16.1. The van der Waals surface area contributed by atoms with Gasteiger partial charge in [-0.25, -0.2) is 4.98 Å². The number of carbonyl (C=O) groups excluding carboxylic acids is 1. The minimum atomic E-state index is -0.120. The van der Waals surface area contributed by atoms with Gasteiger partial charge < -0.3 is 9.88 Å². The number of carbonyl (C=O) groups is 1. The van der Waals surface area contributed by atoms with Crippen molar-refractivity contribution in [2.24, 2.45) is 0 Å². The van der Waals surface area contributed by atoms with E-state index in [1.807, 2.05) is 36.4 Å². The fourth-order valence-corrected chi connectivity index (χ4v) is 3.44. The van der Waals surface area contributed by atoms with Crippen molar-refractivity contribution < 1.29 is 4.79 Å². The molecule has 0 fully saturated rings. The van der Waals surface area contributed by atoms with Crippen LogP contribution in [0.2, 0.25) is 0 Å². The average Bonchev–Trinajstić information content (AvgIpc) is 3.15. The van der Waals surface area contributed by atoms with Crippen LogP contribution in [-0.2, 0) is 17.8 Å². The third-order valence-electron chi connectivity index (χ3n) is 4.94. The van der Waals surface area contributed by atoms with Crippen LogP contribution in [0, 0.1) is 0 Å². The summed E-state index contributed by atoms with van der Waals surface area (Å²) in [5.41, 5.74) is 5.42. The monoisotopic (exact) mass is 381 g/mol. The maximum atomic E-state index is 11.5. The third-order valence-corrected chi connectivity index (χ3v) is 4.94. The lowest BCUT2D eigenvalue weighted by atomic mass is 10.1. The first-order chi connectivity index (χ1) is 14.2. The summed E-state index contributed by atoms with van der Waals surface area (Å²) < 4.78 is 2.28. The Morgan fingerprint density at radius 1 is 1.00 bits per heavy atom. The van der Waals surface area contributed by atoms with Crippen molar-refractivity contribution in [2.75, 3.05) is 7.05 Å². The van der Waals surface area contributed by atoms with Crippen LogP contribution in [0.1, 0.15) is 11.1 Å². The number of rotatable bonds is 6. The lowest BCUT2D eigenvalue weighted by Gasteiger charge is -2.10. The SMILES string of the molecule is CNC(=O)/C=C/c1cccc(-c2nc3ccccc3n2CCc2ccccc2)c1. The quantitative estimate of drug-likeness (QED) is 0.492. The molecule has 0 aliphatic carbocycles. The Balaban J connectivity index is 1.72. The number of benzene rings is 3. The Kier molecular flexibility index (Phi) is 5.52. The number of fused-ring (bicyclic) bond motifs is 1. The lowest BCUT2D eigenvalue weighted by Crippen LogP contribution is -2.13. The number of aryl methyl sites for hydroxylation is 2. The van der Waals surface area contributed by atoms with Gasteiger partial charge in [-0.2, -0.15) is 0 Å². The second-order valence-electron chi connectivity index (χ2n) is 6.88. The molecule has 0 atom stereocenters. The minimum absolute atomic E-state index is 0.120. The smallest absolute Gasteiger partial charge is 0.243 e. The van der Waals surface area contributed by atoms with Gasteiger partial charge in [-0.15, -0.1) is 0 Å². The molecule has 0 unspecified atom stereocenters. The summed E-state index contributed by atoms with van der Waals surface area (Å²) in [5, 5.41) is 2.60. The molecule has 29 heavy (non-hydrogen) atoms. The van der Waals surface area contributed by atoms with Gasteiger partial charge in [0.25, 0.3) is 0 Å². The second kappa shape index (κ2) is 8.57. The number of amides is 1. The highest BCUT2D eigenvalue weighted by molar-refractivity contribution is 5.91. The van der Waals surface area contributed by atoms with Gasteiger partial charge in [0.15, 0.2) is 0 Å². The first-order valence-corrected chi connectivity index (χ1v) is 9.74. The number of para-hydroxylation sites is 2. The topological polar surface area (TPSA) is 46.9 Å². The van der Waals surface area contributed by atoms with E-state index < -0.39 is 0 Å². The predicted molar refractivity (Wildman–Crippen MR) is 118 cm³/mol. The van der Waals surface area contributed by atoms with Crippen molar-refractivity contribution in [2.45, 2.75) is 13.0 Å². The molecule has 1 amide bonds. The van der Waals surface area contributed by atoms with Gasteiger partial charge in [0, 0.05) is 25.2 Å². The summed E-state index contributed by atoms with van der Waals surface area (Å²) in [6.07, 6.45) is 4.29. The van der Waals surface area contributed by atoms with E-state index >= 15 is 0 Å². The molecule has 0 saturated heterocycles. The zero-order chi connectivity index (χ0) is 20.1. The molecule has 144 valence electrons. The molecule has 1 aromatic heterocycles. The number of nitrogens with one attached hydrogen (secondary N) is 1. The van der Waals surface area contributed by atoms with Crippen LogP contribution in [0.5, 0.6) is 0 Å². The maximum absolute atomic E-state index is 11.5. The molecule has 0 aliphatic heterocycles. The molecule has 4 heteroatoms. The summed E-state index contributed by atoms with van der Waals surface area (Å²) >= 11 is 0. The van der Waals surface area contributed by atoms with Crippen molar-refractivity contribution >= 4 is 23.0 Å². The number of imidazole rings is 1. The number of hydrogen-bond donors (Lipinski definition) is 1. The molecule has 0 aliphatic rings. The number of hydrogen-bond acceptors (Lipinski definition) is 2. The van der Waals surface area contributed by atoms with Gasteiger partial charge in [-0.05, 0) is 41.8 Å². The van der Waals surface area contributed by atoms with Gasteiger partial charge in [0.05, 0.1) is 11.0 Å². The van der Waals surface area contributed by atoms with Gasteiger partial charge in [-0.3, -0.25) is 4.79 Å². The Morgan fingerprint density at radius 3 is 2.62 bits per heavy atom. The van der Waals surface area contributed by atoms with Gasteiger partial charge >= 0.3 is 0 Å². The van der Waals surface area contributed by atoms with E-state index in [0.29, 0.717) is 0 Å². The normalized spacial score (nSPS) is 11.2. The Bertz CT molecular complexity index is 1160. The van der Waals surface area contributed by atoms with Crippen molar-refractivity contribution in [1.29, 1.82) is 0 Å². The van der Waals surface area contributed by atoms with Crippen LogP contribution in [0.25, 0.3) is 28.5 Å². The van der Waals surface area contributed by atoms with Gasteiger partial charge in [-0.1, -0.05) is 60.7 Å². The Morgan fingerprint density at radius 2 is 1.79 bits per heavy atom. The van der Waals surface area contributed by atoms with E-state index in [2.05, 4.69) is 58.4 Å². The molecule has 1 heterocycles. The molecule has 4 nitrogen and oxygen atoms in total. The van der Waals surface area contributed by atoms with Crippen molar-refractivity contribution in [3.63, 3.8) is 0 Å². The largest absolute Gasteiger partial charge is 0.356 e. The molecular weight excluding hydrogens is 358 g/mol. The van der Waals surface area contributed by atoms with Crippen LogP contribution >= 0.6 is 0 Å². The minimum Gasteiger partial charge on any atom is -0.356 e. The van der Waals surface area contributed by atoms with Crippen LogP contribution < -0.4 is 5.32 Å². The van der Waals surface area contributed by atoms with Crippen molar-refractivity contribution in [1.82, 2.24) is 14.9 Å². The molecule has 4 aromatic rings. The summed E-state index contributed by atoms with van der Waals surface area (Å²) in [6.45, 7) is 0.845. The van der Waals surface area contributed by atoms with E-state index in [1.165, 1.54) is 11.6 Å². The van der Waals surface area contributed by atoms with E-state index in [1.54, 1.807) is 7.05 Å². The molecule has 0 saturated carbocycles. The molecule has 3 aromatic carbocycles. The van der Waals surface area contributed by atoms with E-state index in [0.717, 1.165) is 41.0 Å². The lowest BCUT2D eigenvalue weighted by molar-refractivity contribution is -0.115. The fraction of sp³-hybridized carbons (Fsp3) is 0.120. The van der Waals surface area contributed by atoms with Gasteiger partial charge in [0.2, 0.25) is 5.91 Å². The highest BCUT2D eigenvalue weighted by Crippen LogP contribution is 2.26. The second-order valence-corrected chi connectivity index (χ2v) is 6.88. The van der Waals surface area contributed by atoms with Gasteiger partial charge in [0.1, 0.15) is 5.82 Å². The summed E-state index contributed by atoms with van der Waals surface area (Å²) in [4.78, 5) is 16.4. The third kappa shape index (κ3) is 4.27. The predicted octanol–water partition coefficient (Wildman–Crippen LogP) is 4.71. The maximum Gasteiger partial charge on any atom is 0.243 e. The standard InChI is InChI=1S/C25H23N3O/c1-26-24(29)15-14-20-10-7-11-21(18-20)25-27-22-12-5-6-13-23(22)28(25)17-16-19-8-3-2-4-9-19/h2-15,18H,16-17H2,1H3,(H,26,29)/b15-14+. The molecular formula is C25H23N3O. The molecule has 0 bridgehead atoms. The first-order valence-electron chi connectivity index (χ1n) is 9.74. The zero-order valence-corrected chi connectivity index (χ0v) is 16.4. The van der Waals surface area contributed by atoms with Crippen molar-refractivity contribution in [3.05, 3.63) is 96.1 Å². The van der Waals surface area contributed by atoms with Crippen LogP contribution in [0.4, 0.5) is 0 Å². The average molecular weight is 381 g/mol. The molecule has 0 spiro atoms. The first kappa shape index (κ1) is 18.7. The van der Waals surface area contributed by atoms with Crippen molar-refractivity contribution in [3.8, 4) is 11.4 Å². The summed E-state index contributed by atoms with van der Waals surface area (Å²) in [5.74, 6) is 0.822. The van der Waals surface area contributed by atoms with E-state index in [-0.39, 0.29) is 5.91 Å². The van der Waals surface area contributed by atoms with E-state index in [9.17, 15) is 4.79 Å². The fourth-order valence-electron chi connectivity index (χ4n) is 3.44. The molecule has 0 radical (unpaired) electrons. The highest BCUT2D eigenvalue weighted by Gasteiger charge is 2.12. The summed E-state index contributed by atoms with van der Waals surface area (Å²) in [6, 6.07) is 26.9. The zero-order valence-electron chi connectivity index (χ0n) is 16.4. The summed E-state index contributed by atoms with van der Waals surface area (Å²) in [7, 11) is 1.62.